The number of hydrogen-bond acceptors (Lipinski definition) is 6. The van der Waals surface area contributed by atoms with Crippen molar-refractivity contribution in [1.29, 1.82) is 0 Å². The van der Waals surface area contributed by atoms with Gasteiger partial charge in [-0.1, -0.05) is 6.07 Å². The Labute approximate surface area is 132 Å². The van der Waals surface area contributed by atoms with Gasteiger partial charge in [0, 0.05) is 11.9 Å². The average molecular weight is 325 g/mol. The molecule has 0 unspecified atom stereocenters. The van der Waals surface area contributed by atoms with Crippen molar-refractivity contribution in [2.24, 2.45) is 0 Å². The van der Waals surface area contributed by atoms with Gasteiger partial charge in [0.15, 0.2) is 5.75 Å². The topological polar surface area (TPSA) is 76.4 Å². The van der Waals surface area contributed by atoms with Crippen LogP contribution < -0.4 is 21.1 Å². The van der Waals surface area contributed by atoms with Crippen molar-refractivity contribution in [3.05, 3.63) is 27.3 Å². The lowest BCUT2D eigenvalue weighted by atomic mass is 10.3. The van der Waals surface area contributed by atoms with Gasteiger partial charge in [0.2, 0.25) is 0 Å². The Kier molecular flexibility index (Phi) is 5.08. The molecule has 0 aromatic carbocycles. The third-order valence-electron chi connectivity index (χ3n) is 2.69. The first-order valence-electron chi connectivity index (χ1n) is 6.60. The molecule has 0 aliphatic carbocycles. The Balaban J connectivity index is 2.26. The SMILES string of the molecule is CNC(=O)c1sc(NCc2cccs2)c(OC(C)C)c1N. The van der Waals surface area contributed by atoms with Crippen LogP contribution in [0.3, 0.4) is 0 Å². The average Bonchev–Trinajstić information content (AvgIpc) is 3.06. The molecule has 0 atom stereocenters. The minimum atomic E-state index is -0.199. The maximum absolute atomic E-state index is 11.9. The van der Waals surface area contributed by atoms with Gasteiger partial charge in [0.25, 0.3) is 5.91 Å². The number of thiophene rings is 2. The van der Waals surface area contributed by atoms with Gasteiger partial charge >= 0.3 is 0 Å². The highest BCUT2D eigenvalue weighted by Crippen LogP contribution is 2.43. The summed E-state index contributed by atoms with van der Waals surface area (Å²) in [6, 6.07) is 4.06. The predicted molar refractivity (Wildman–Crippen MR) is 89.5 cm³/mol. The van der Waals surface area contributed by atoms with Crippen LogP contribution in [0.25, 0.3) is 0 Å². The fourth-order valence-corrected chi connectivity index (χ4v) is 3.40. The van der Waals surface area contributed by atoms with Crippen molar-refractivity contribution in [2.45, 2.75) is 26.5 Å². The first-order valence-corrected chi connectivity index (χ1v) is 8.29. The van der Waals surface area contributed by atoms with E-state index in [1.165, 1.54) is 16.2 Å². The molecule has 0 bridgehead atoms. The molecule has 0 saturated heterocycles. The standard InChI is InChI=1S/C14H19N3O2S2/c1-8(2)19-11-10(15)12(13(18)16-3)21-14(11)17-7-9-5-4-6-20-9/h4-6,8,17H,7,15H2,1-3H3,(H,16,18). The fraction of sp³-hybridized carbons (Fsp3) is 0.357. The Morgan fingerprint density at radius 1 is 1.48 bits per heavy atom. The lowest BCUT2D eigenvalue weighted by molar-refractivity contribution is 0.0967. The van der Waals surface area contributed by atoms with Crippen LogP contribution in [0, 0.1) is 0 Å². The number of hydrogen-bond donors (Lipinski definition) is 3. The van der Waals surface area contributed by atoms with Crippen molar-refractivity contribution >= 4 is 39.3 Å². The lowest BCUT2D eigenvalue weighted by Gasteiger charge is -2.12. The summed E-state index contributed by atoms with van der Waals surface area (Å²) in [5.41, 5.74) is 6.46. The number of rotatable bonds is 6. The van der Waals surface area contributed by atoms with Crippen molar-refractivity contribution in [1.82, 2.24) is 5.32 Å². The number of nitrogen functional groups attached to an aromatic ring is 1. The van der Waals surface area contributed by atoms with E-state index < -0.39 is 0 Å². The summed E-state index contributed by atoms with van der Waals surface area (Å²) in [7, 11) is 1.59. The van der Waals surface area contributed by atoms with Gasteiger partial charge in [-0.05, 0) is 25.3 Å². The Morgan fingerprint density at radius 2 is 2.24 bits per heavy atom. The smallest absolute Gasteiger partial charge is 0.263 e. The van der Waals surface area contributed by atoms with Crippen LogP contribution in [0.5, 0.6) is 5.75 Å². The molecule has 0 aliphatic heterocycles. The van der Waals surface area contributed by atoms with Crippen LogP contribution >= 0.6 is 22.7 Å². The monoisotopic (exact) mass is 325 g/mol. The van der Waals surface area contributed by atoms with E-state index in [0.717, 1.165) is 5.00 Å². The second-order valence-corrected chi connectivity index (χ2v) is 6.73. The second kappa shape index (κ2) is 6.82. The minimum Gasteiger partial charge on any atom is -0.486 e. The van der Waals surface area contributed by atoms with Gasteiger partial charge in [-0.25, -0.2) is 0 Å². The van der Waals surface area contributed by atoms with Crippen molar-refractivity contribution in [3.63, 3.8) is 0 Å². The van der Waals surface area contributed by atoms with E-state index >= 15 is 0 Å². The molecular formula is C14H19N3O2S2. The molecule has 1 amide bonds. The number of anilines is 2. The molecule has 2 aromatic heterocycles. The lowest BCUT2D eigenvalue weighted by Crippen LogP contribution is -2.17. The van der Waals surface area contributed by atoms with Crippen LogP contribution in [-0.4, -0.2) is 19.1 Å². The summed E-state index contributed by atoms with van der Waals surface area (Å²) < 4.78 is 5.77. The van der Waals surface area contributed by atoms with Gasteiger partial charge in [-0.3, -0.25) is 4.79 Å². The van der Waals surface area contributed by atoms with E-state index in [0.29, 0.717) is 22.9 Å². The fourth-order valence-electron chi connectivity index (χ4n) is 1.76. The molecule has 0 spiro atoms. The van der Waals surface area contributed by atoms with E-state index in [1.807, 2.05) is 25.3 Å². The zero-order valence-corrected chi connectivity index (χ0v) is 13.9. The van der Waals surface area contributed by atoms with E-state index in [4.69, 9.17) is 10.5 Å². The molecule has 0 radical (unpaired) electrons. The number of carbonyl (C=O) groups is 1. The van der Waals surface area contributed by atoms with Gasteiger partial charge in [-0.15, -0.1) is 22.7 Å². The zero-order chi connectivity index (χ0) is 15.4. The van der Waals surface area contributed by atoms with Crippen LogP contribution in [0.4, 0.5) is 10.7 Å². The van der Waals surface area contributed by atoms with E-state index in [2.05, 4.69) is 16.7 Å². The van der Waals surface area contributed by atoms with Crippen LogP contribution in [0.1, 0.15) is 28.4 Å². The Hall–Kier alpha value is -1.73. The summed E-state index contributed by atoms with van der Waals surface area (Å²) in [4.78, 5) is 13.5. The summed E-state index contributed by atoms with van der Waals surface area (Å²) >= 11 is 2.99. The molecule has 2 heterocycles. The molecule has 2 aromatic rings. The third kappa shape index (κ3) is 3.68. The highest BCUT2D eigenvalue weighted by Gasteiger charge is 2.22. The molecule has 5 nitrogen and oxygen atoms in total. The van der Waals surface area contributed by atoms with E-state index in [9.17, 15) is 4.79 Å². The molecule has 0 aliphatic rings. The van der Waals surface area contributed by atoms with Crippen LogP contribution in [0.15, 0.2) is 17.5 Å². The molecule has 4 N–H and O–H groups in total. The van der Waals surface area contributed by atoms with E-state index in [-0.39, 0.29) is 12.0 Å². The molecule has 0 saturated carbocycles. The largest absolute Gasteiger partial charge is 0.486 e. The highest BCUT2D eigenvalue weighted by atomic mass is 32.1. The summed E-state index contributed by atoms with van der Waals surface area (Å²) in [6.07, 6.45) is -0.0123. The number of ether oxygens (including phenoxy) is 1. The number of nitrogens with two attached hydrogens (primary N) is 1. The van der Waals surface area contributed by atoms with Crippen molar-refractivity contribution in [2.75, 3.05) is 18.1 Å². The quantitative estimate of drug-likeness (QED) is 0.762. The van der Waals surface area contributed by atoms with Crippen LogP contribution in [-0.2, 0) is 6.54 Å². The molecule has 0 fully saturated rings. The number of carbonyl (C=O) groups excluding carboxylic acids is 1. The zero-order valence-electron chi connectivity index (χ0n) is 12.2. The summed E-state index contributed by atoms with van der Waals surface area (Å²) in [5, 5.41) is 8.72. The molecule has 7 heteroatoms. The Bertz CT molecular complexity index is 606. The maximum Gasteiger partial charge on any atom is 0.263 e. The Morgan fingerprint density at radius 3 is 2.81 bits per heavy atom. The molecule has 21 heavy (non-hydrogen) atoms. The summed E-state index contributed by atoms with van der Waals surface area (Å²) in [6.45, 7) is 4.54. The van der Waals surface area contributed by atoms with E-state index in [1.54, 1.807) is 18.4 Å². The minimum absolute atomic E-state index is 0.0123. The van der Waals surface area contributed by atoms with Gasteiger partial charge in [0.05, 0.1) is 12.6 Å². The van der Waals surface area contributed by atoms with Gasteiger partial charge in [-0.2, -0.15) is 0 Å². The highest BCUT2D eigenvalue weighted by molar-refractivity contribution is 7.19. The van der Waals surface area contributed by atoms with Gasteiger partial charge < -0.3 is 21.1 Å². The number of amides is 1. The number of nitrogens with one attached hydrogen (secondary N) is 2. The predicted octanol–water partition coefficient (Wildman–Crippen LogP) is 3.15. The molecule has 114 valence electrons. The van der Waals surface area contributed by atoms with Crippen molar-refractivity contribution in [3.8, 4) is 5.75 Å². The van der Waals surface area contributed by atoms with Gasteiger partial charge in [0.1, 0.15) is 15.6 Å². The molecule has 2 rings (SSSR count). The first-order chi connectivity index (χ1) is 10.0. The third-order valence-corrected chi connectivity index (χ3v) is 4.71. The van der Waals surface area contributed by atoms with Crippen LogP contribution in [0.2, 0.25) is 0 Å². The normalized spacial score (nSPS) is 10.7. The second-order valence-electron chi connectivity index (χ2n) is 4.68. The molecular weight excluding hydrogens is 306 g/mol. The van der Waals surface area contributed by atoms with Crippen molar-refractivity contribution < 1.29 is 9.53 Å². The maximum atomic E-state index is 11.9. The summed E-state index contributed by atoms with van der Waals surface area (Å²) in [5.74, 6) is 0.362. The first kappa shape index (κ1) is 15.7.